The van der Waals surface area contributed by atoms with Crippen LogP contribution in [0.15, 0.2) is 24.3 Å². The third-order valence-corrected chi connectivity index (χ3v) is 5.25. The van der Waals surface area contributed by atoms with Crippen LogP contribution >= 0.6 is 24.8 Å². The van der Waals surface area contributed by atoms with E-state index in [0.29, 0.717) is 0 Å². The minimum Gasteiger partial charge on any atom is -0.356 e. The lowest BCUT2D eigenvalue weighted by atomic mass is 9.85. The molecule has 0 spiro atoms. The number of carbonyl (C=O) groups excluding carboxylic acids is 1. The van der Waals surface area contributed by atoms with Crippen molar-refractivity contribution in [2.45, 2.75) is 51.1 Å². The molecule has 1 saturated carbocycles. The number of nitrogens with zero attached hydrogens (tertiary/aromatic N) is 1. The van der Waals surface area contributed by atoms with Gasteiger partial charge in [-0.15, -0.1) is 24.8 Å². The van der Waals surface area contributed by atoms with Crippen LogP contribution < -0.4 is 11.1 Å². The second kappa shape index (κ2) is 11.0. The number of rotatable bonds is 5. The molecule has 1 heterocycles. The third kappa shape index (κ3) is 6.45. The molecule has 1 amide bonds. The van der Waals surface area contributed by atoms with Gasteiger partial charge in [-0.05, 0) is 43.2 Å². The Morgan fingerprint density at radius 1 is 1.20 bits per heavy atom. The van der Waals surface area contributed by atoms with Gasteiger partial charge >= 0.3 is 0 Å². The van der Waals surface area contributed by atoms with Crippen molar-refractivity contribution in [1.29, 1.82) is 0 Å². The van der Waals surface area contributed by atoms with Crippen molar-refractivity contribution >= 4 is 30.7 Å². The van der Waals surface area contributed by atoms with Crippen molar-refractivity contribution in [2.24, 2.45) is 11.7 Å². The quantitative estimate of drug-likeness (QED) is 0.763. The predicted molar refractivity (Wildman–Crippen MR) is 107 cm³/mol. The average molecular weight is 388 g/mol. The molecule has 2 atom stereocenters. The van der Waals surface area contributed by atoms with E-state index in [4.69, 9.17) is 5.73 Å². The van der Waals surface area contributed by atoms with E-state index < -0.39 is 0 Å². The van der Waals surface area contributed by atoms with E-state index in [-0.39, 0.29) is 42.7 Å². The molecule has 1 aromatic carbocycles. The highest BCUT2D eigenvalue weighted by Gasteiger charge is 2.25. The molecule has 1 fully saturated rings. The van der Waals surface area contributed by atoms with Crippen LogP contribution in [0.2, 0.25) is 0 Å². The molecule has 2 unspecified atom stereocenters. The Bertz CT molecular complexity index is 541. The van der Waals surface area contributed by atoms with Crippen molar-refractivity contribution in [3.05, 3.63) is 35.4 Å². The highest BCUT2D eigenvalue weighted by molar-refractivity contribution is 5.85. The molecule has 1 aliphatic carbocycles. The monoisotopic (exact) mass is 387 g/mol. The van der Waals surface area contributed by atoms with Gasteiger partial charge in [0.25, 0.3) is 0 Å². The van der Waals surface area contributed by atoms with Gasteiger partial charge in [0, 0.05) is 38.1 Å². The molecule has 1 aromatic rings. The van der Waals surface area contributed by atoms with Crippen molar-refractivity contribution in [2.75, 3.05) is 19.6 Å². The SMILES string of the molecule is Cl.Cl.NC1CCCC(C(=O)NCCCN2CCc3ccccc3C2)C1. The van der Waals surface area contributed by atoms with E-state index in [1.54, 1.807) is 0 Å². The molecule has 0 aromatic heterocycles. The summed E-state index contributed by atoms with van der Waals surface area (Å²) in [6, 6.07) is 8.93. The fourth-order valence-electron chi connectivity index (χ4n) is 3.87. The van der Waals surface area contributed by atoms with Crippen molar-refractivity contribution < 1.29 is 4.79 Å². The Hall–Kier alpha value is -0.810. The molecule has 25 heavy (non-hydrogen) atoms. The Morgan fingerprint density at radius 3 is 2.72 bits per heavy atom. The molecule has 1 aliphatic heterocycles. The van der Waals surface area contributed by atoms with Crippen LogP contribution in [-0.4, -0.2) is 36.5 Å². The van der Waals surface area contributed by atoms with Crippen molar-refractivity contribution in [3.63, 3.8) is 0 Å². The number of fused-ring (bicyclic) bond motifs is 1. The lowest BCUT2D eigenvalue weighted by Crippen LogP contribution is -2.39. The summed E-state index contributed by atoms with van der Waals surface area (Å²) in [4.78, 5) is 14.7. The lowest BCUT2D eigenvalue weighted by Gasteiger charge is -2.29. The summed E-state index contributed by atoms with van der Waals surface area (Å²) in [5.74, 6) is 0.352. The van der Waals surface area contributed by atoms with Gasteiger partial charge in [0.2, 0.25) is 5.91 Å². The molecule has 6 heteroatoms. The van der Waals surface area contributed by atoms with Crippen LogP contribution in [0.3, 0.4) is 0 Å². The topological polar surface area (TPSA) is 58.4 Å². The second-order valence-corrected chi connectivity index (χ2v) is 7.06. The molecule has 0 bridgehead atoms. The van der Waals surface area contributed by atoms with E-state index in [2.05, 4.69) is 34.5 Å². The summed E-state index contributed by atoms with van der Waals surface area (Å²) in [6.45, 7) is 4.01. The zero-order valence-electron chi connectivity index (χ0n) is 14.8. The molecular formula is C19H31Cl2N3O. The summed E-state index contributed by atoms with van der Waals surface area (Å²) in [6.07, 6.45) is 6.18. The first-order valence-electron chi connectivity index (χ1n) is 9.05. The van der Waals surface area contributed by atoms with Gasteiger partial charge in [-0.25, -0.2) is 0 Å². The molecular weight excluding hydrogens is 357 g/mol. The largest absolute Gasteiger partial charge is 0.356 e. The van der Waals surface area contributed by atoms with Gasteiger partial charge in [-0.1, -0.05) is 30.7 Å². The number of carbonyl (C=O) groups is 1. The maximum atomic E-state index is 12.2. The summed E-state index contributed by atoms with van der Waals surface area (Å²) in [5, 5.41) is 3.11. The van der Waals surface area contributed by atoms with E-state index in [0.717, 1.165) is 64.7 Å². The van der Waals surface area contributed by atoms with Gasteiger partial charge in [0.15, 0.2) is 0 Å². The summed E-state index contributed by atoms with van der Waals surface area (Å²) in [5.41, 5.74) is 8.92. The number of benzene rings is 1. The first-order valence-corrected chi connectivity index (χ1v) is 9.05. The van der Waals surface area contributed by atoms with Crippen LogP contribution in [0.4, 0.5) is 0 Å². The van der Waals surface area contributed by atoms with E-state index in [1.807, 2.05) is 0 Å². The molecule has 142 valence electrons. The minimum atomic E-state index is 0. The number of amides is 1. The van der Waals surface area contributed by atoms with Gasteiger partial charge in [0.1, 0.15) is 0 Å². The van der Waals surface area contributed by atoms with Crippen LogP contribution in [0, 0.1) is 5.92 Å². The average Bonchev–Trinajstić information content (AvgIpc) is 2.58. The number of hydrogen-bond donors (Lipinski definition) is 2. The van der Waals surface area contributed by atoms with Crippen molar-refractivity contribution in [3.8, 4) is 0 Å². The maximum Gasteiger partial charge on any atom is 0.223 e. The van der Waals surface area contributed by atoms with Gasteiger partial charge in [0.05, 0.1) is 0 Å². The number of nitrogens with two attached hydrogens (primary N) is 1. The zero-order valence-corrected chi connectivity index (χ0v) is 16.4. The van der Waals surface area contributed by atoms with Crippen LogP contribution in [-0.2, 0) is 17.8 Å². The van der Waals surface area contributed by atoms with Crippen molar-refractivity contribution in [1.82, 2.24) is 10.2 Å². The predicted octanol–water partition coefficient (Wildman–Crippen LogP) is 2.91. The highest BCUT2D eigenvalue weighted by Crippen LogP contribution is 2.23. The van der Waals surface area contributed by atoms with Crippen LogP contribution in [0.5, 0.6) is 0 Å². The number of hydrogen-bond acceptors (Lipinski definition) is 3. The van der Waals surface area contributed by atoms with Crippen LogP contribution in [0.25, 0.3) is 0 Å². The molecule has 2 aliphatic rings. The standard InChI is InChI=1S/C19H29N3O.2ClH/c20-18-8-3-7-16(13-18)19(23)21-10-4-11-22-12-9-15-5-1-2-6-17(15)14-22;;/h1-2,5-6,16,18H,3-4,7-14,20H2,(H,21,23);2*1H. The Morgan fingerprint density at radius 2 is 1.96 bits per heavy atom. The Kier molecular flexibility index (Phi) is 9.80. The molecule has 4 nitrogen and oxygen atoms in total. The zero-order chi connectivity index (χ0) is 16.1. The molecule has 3 N–H and O–H groups in total. The molecule has 3 rings (SSSR count). The van der Waals surface area contributed by atoms with Gasteiger partial charge in [-0.3, -0.25) is 9.69 Å². The minimum absolute atomic E-state index is 0. The summed E-state index contributed by atoms with van der Waals surface area (Å²) >= 11 is 0. The smallest absolute Gasteiger partial charge is 0.223 e. The molecule has 0 radical (unpaired) electrons. The van der Waals surface area contributed by atoms with Gasteiger partial charge in [-0.2, -0.15) is 0 Å². The van der Waals surface area contributed by atoms with E-state index >= 15 is 0 Å². The first-order chi connectivity index (χ1) is 11.2. The second-order valence-electron chi connectivity index (χ2n) is 7.06. The van der Waals surface area contributed by atoms with Gasteiger partial charge < -0.3 is 11.1 Å². The normalized spacial score (nSPS) is 22.9. The molecule has 0 saturated heterocycles. The van der Waals surface area contributed by atoms with E-state index in [9.17, 15) is 4.79 Å². The first kappa shape index (κ1) is 22.2. The van der Waals surface area contributed by atoms with E-state index in [1.165, 1.54) is 11.1 Å². The number of nitrogens with one attached hydrogen (secondary N) is 1. The Balaban J connectivity index is 0.00000156. The lowest BCUT2D eigenvalue weighted by molar-refractivity contribution is -0.126. The fourth-order valence-corrected chi connectivity index (χ4v) is 3.87. The highest BCUT2D eigenvalue weighted by atomic mass is 35.5. The fraction of sp³-hybridized carbons (Fsp3) is 0.632. The maximum absolute atomic E-state index is 12.2. The third-order valence-electron chi connectivity index (χ3n) is 5.25. The van der Waals surface area contributed by atoms with Crippen LogP contribution in [0.1, 0.15) is 43.2 Å². The Labute approximate surface area is 163 Å². The number of halogens is 2. The summed E-state index contributed by atoms with van der Waals surface area (Å²) < 4.78 is 0. The summed E-state index contributed by atoms with van der Waals surface area (Å²) in [7, 11) is 0.